The Hall–Kier alpha value is -0.0900. The van der Waals surface area contributed by atoms with Crippen LogP contribution in [-0.2, 0) is 9.84 Å². The van der Waals surface area contributed by atoms with E-state index in [-0.39, 0.29) is 11.3 Å². The van der Waals surface area contributed by atoms with Crippen LogP contribution in [-0.4, -0.2) is 25.5 Å². The average Bonchev–Trinajstić information content (AvgIpc) is 2.28. The maximum absolute atomic E-state index is 11.4. The highest BCUT2D eigenvalue weighted by molar-refractivity contribution is 7.91. The Labute approximate surface area is 106 Å². The first-order valence-electron chi connectivity index (χ1n) is 6.90. The Bertz CT molecular complexity index is 326. The van der Waals surface area contributed by atoms with Crippen molar-refractivity contribution in [3.63, 3.8) is 0 Å². The molecule has 0 aliphatic heterocycles. The molecule has 1 saturated carbocycles. The molecule has 0 aromatic heterocycles. The predicted octanol–water partition coefficient (Wildman–Crippen LogP) is 2.50. The molecule has 0 radical (unpaired) electrons. The van der Waals surface area contributed by atoms with E-state index in [0.717, 1.165) is 31.6 Å². The molecule has 17 heavy (non-hydrogen) atoms. The van der Waals surface area contributed by atoms with Crippen molar-refractivity contribution in [2.24, 2.45) is 11.7 Å². The van der Waals surface area contributed by atoms with E-state index in [1.165, 1.54) is 19.3 Å². The molecular weight excluding hydrogens is 234 g/mol. The van der Waals surface area contributed by atoms with E-state index in [0.29, 0.717) is 5.75 Å². The largest absolute Gasteiger partial charge is 0.325 e. The van der Waals surface area contributed by atoms with Gasteiger partial charge in [0.05, 0.1) is 5.75 Å². The first-order valence-corrected chi connectivity index (χ1v) is 8.72. The average molecular weight is 261 g/mol. The second kappa shape index (κ2) is 6.19. The maximum Gasteiger partial charge on any atom is 0.150 e. The third kappa shape index (κ3) is 4.96. The Morgan fingerprint density at radius 2 is 2.06 bits per heavy atom. The van der Waals surface area contributed by atoms with E-state index in [1.54, 1.807) is 6.92 Å². The minimum atomic E-state index is -2.82. The van der Waals surface area contributed by atoms with Crippen molar-refractivity contribution in [1.82, 2.24) is 0 Å². The zero-order valence-corrected chi connectivity index (χ0v) is 12.1. The van der Waals surface area contributed by atoms with Gasteiger partial charge in [-0.3, -0.25) is 0 Å². The summed E-state index contributed by atoms with van der Waals surface area (Å²) in [5.74, 6) is 1.30. The minimum absolute atomic E-state index is 0.0951. The fourth-order valence-electron chi connectivity index (χ4n) is 2.89. The molecule has 1 aliphatic carbocycles. The van der Waals surface area contributed by atoms with Gasteiger partial charge in [0.1, 0.15) is 9.84 Å². The SMILES string of the molecule is CCC1CCCC(N)(CCCS(=O)(=O)CC)C1. The summed E-state index contributed by atoms with van der Waals surface area (Å²) in [6.45, 7) is 3.93. The number of rotatable bonds is 6. The lowest BCUT2D eigenvalue weighted by molar-refractivity contribution is 0.207. The van der Waals surface area contributed by atoms with E-state index in [9.17, 15) is 8.42 Å². The van der Waals surface area contributed by atoms with Crippen molar-refractivity contribution in [2.75, 3.05) is 11.5 Å². The molecule has 2 atom stereocenters. The molecule has 102 valence electrons. The highest BCUT2D eigenvalue weighted by Gasteiger charge is 2.31. The quantitative estimate of drug-likeness (QED) is 0.799. The molecule has 0 saturated heterocycles. The highest BCUT2D eigenvalue weighted by Crippen LogP contribution is 2.35. The molecule has 3 nitrogen and oxygen atoms in total. The van der Waals surface area contributed by atoms with Crippen LogP contribution in [0.25, 0.3) is 0 Å². The fourth-order valence-corrected chi connectivity index (χ4v) is 3.76. The van der Waals surface area contributed by atoms with Crippen molar-refractivity contribution in [1.29, 1.82) is 0 Å². The lowest BCUT2D eigenvalue weighted by Gasteiger charge is -2.38. The Balaban J connectivity index is 2.39. The predicted molar refractivity (Wildman–Crippen MR) is 72.7 cm³/mol. The van der Waals surface area contributed by atoms with Gasteiger partial charge in [0.2, 0.25) is 0 Å². The lowest BCUT2D eigenvalue weighted by atomic mass is 9.73. The molecule has 2 unspecified atom stereocenters. The van der Waals surface area contributed by atoms with Gasteiger partial charge >= 0.3 is 0 Å². The van der Waals surface area contributed by atoms with Crippen LogP contribution in [0.3, 0.4) is 0 Å². The van der Waals surface area contributed by atoms with Gasteiger partial charge in [0.15, 0.2) is 0 Å². The summed E-state index contributed by atoms with van der Waals surface area (Å²) in [5, 5.41) is 0. The summed E-state index contributed by atoms with van der Waals surface area (Å²) in [4.78, 5) is 0. The Kier molecular flexibility index (Phi) is 5.45. The summed E-state index contributed by atoms with van der Waals surface area (Å²) in [5.41, 5.74) is 6.31. The normalized spacial score (nSPS) is 30.4. The number of nitrogens with two attached hydrogens (primary N) is 1. The molecule has 4 heteroatoms. The van der Waals surface area contributed by atoms with E-state index >= 15 is 0 Å². The minimum Gasteiger partial charge on any atom is -0.325 e. The van der Waals surface area contributed by atoms with E-state index < -0.39 is 9.84 Å². The third-order valence-corrected chi connectivity index (χ3v) is 5.92. The van der Waals surface area contributed by atoms with Crippen molar-refractivity contribution in [3.05, 3.63) is 0 Å². The van der Waals surface area contributed by atoms with Gasteiger partial charge in [-0.05, 0) is 31.6 Å². The molecular formula is C13H27NO2S. The van der Waals surface area contributed by atoms with Crippen LogP contribution in [0.1, 0.15) is 58.8 Å². The maximum atomic E-state index is 11.4. The zero-order chi connectivity index (χ0) is 12.9. The topological polar surface area (TPSA) is 60.2 Å². The van der Waals surface area contributed by atoms with Crippen LogP contribution >= 0.6 is 0 Å². The summed E-state index contributed by atoms with van der Waals surface area (Å²) in [7, 11) is -2.82. The second-order valence-electron chi connectivity index (χ2n) is 5.57. The van der Waals surface area contributed by atoms with Gasteiger partial charge in [-0.2, -0.15) is 0 Å². The summed E-state index contributed by atoms with van der Waals surface area (Å²) in [6.07, 6.45) is 7.43. The van der Waals surface area contributed by atoms with Crippen molar-refractivity contribution in [3.8, 4) is 0 Å². The summed E-state index contributed by atoms with van der Waals surface area (Å²) in [6, 6.07) is 0. The van der Waals surface area contributed by atoms with Gasteiger partial charge in [-0.25, -0.2) is 8.42 Å². The fraction of sp³-hybridized carbons (Fsp3) is 1.00. The van der Waals surface area contributed by atoms with Crippen LogP contribution in [0.4, 0.5) is 0 Å². The molecule has 0 aromatic carbocycles. The monoisotopic (exact) mass is 261 g/mol. The molecule has 0 amide bonds. The molecule has 2 N–H and O–H groups in total. The molecule has 0 heterocycles. The van der Waals surface area contributed by atoms with E-state index in [4.69, 9.17) is 5.73 Å². The van der Waals surface area contributed by atoms with E-state index in [1.807, 2.05) is 0 Å². The van der Waals surface area contributed by atoms with Crippen LogP contribution in [0, 0.1) is 5.92 Å². The van der Waals surface area contributed by atoms with Crippen molar-refractivity contribution < 1.29 is 8.42 Å². The standard InChI is InChI=1S/C13H27NO2S/c1-3-12-7-5-8-13(14,11-12)9-6-10-17(15,16)4-2/h12H,3-11,14H2,1-2H3. The summed E-state index contributed by atoms with van der Waals surface area (Å²) >= 11 is 0. The Morgan fingerprint density at radius 3 is 2.65 bits per heavy atom. The first kappa shape index (κ1) is 15.0. The van der Waals surface area contributed by atoms with Crippen LogP contribution in [0.2, 0.25) is 0 Å². The van der Waals surface area contributed by atoms with Gasteiger partial charge in [0.25, 0.3) is 0 Å². The Morgan fingerprint density at radius 1 is 1.35 bits per heavy atom. The number of hydrogen-bond acceptors (Lipinski definition) is 3. The van der Waals surface area contributed by atoms with Crippen molar-refractivity contribution in [2.45, 2.75) is 64.3 Å². The first-order chi connectivity index (χ1) is 7.91. The van der Waals surface area contributed by atoms with Gasteiger partial charge in [0, 0.05) is 11.3 Å². The number of sulfone groups is 1. The molecule has 0 spiro atoms. The smallest absolute Gasteiger partial charge is 0.150 e. The zero-order valence-electron chi connectivity index (χ0n) is 11.2. The van der Waals surface area contributed by atoms with Gasteiger partial charge in [-0.15, -0.1) is 0 Å². The van der Waals surface area contributed by atoms with E-state index in [2.05, 4.69) is 6.92 Å². The lowest BCUT2D eigenvalue weighted by Crippen LogP contribution is -2.44. The second-order valence-corrected chi connectivity index (χ2v) is 8.05. The van der Waals surface area contributed by atoms with Crippen LogP contribution in [0.15, 0.2) is 0 Å². The third-order valence-electron chi connectivity index (χ3n) is 4.13. The van der Waals surface area contributed by atoms with Crippen LogP contribution < -0.4 is 5.73 Å². The molecule has 1 fully saturated rings. The molecule has 0 bridgehead atoms. The molecule has 0 aromatic rings. The van der Waals surface area contributed by atoms with Gasteiger partial charge < -0.3 is 5.73 Å². The molecule has 1 rings (SSSR count). The molecule has 1 aliphatic rings. The van der Waals surface area contributed by atoms with Gasteiger partial charge in [-0.1, -0.05) is 33.1 Å². The van der Waals surface area contributed by atoms with Crippen molar-refractivity contribution >= 4 is 9.84 Å². The highest BCUT2D eigenvalue weighted by atomic mass is 32.2. The van der Waals surface area contributed by atoms with Crippen LogP contribution in [0.5, 0.6) is 0 Å². The number of hydrogen-bond donors (Lipinski definition) is 1. The summed E-state index contributed by atoms with van der Waals surface area (Å²) < 4.78 is 22.9.